The number of nitrogens with zero attached hydrogens (tertiary/aromatic N) is 2. The molecule has 0 saturated heterocycles. The number of carbonyl (C=O) groups is 1. The molecule has 1 heterocycles. The number of amides is 1. The summed E-state index contributed by atoms with van der Waals surface area (Å²) in [5, 5.41) is 9.23. The van der Waals surface area contributed by atoms with E-state index >= 15 is 0 Å². The SMILES string of the molecule is CCCc1nc2cccc(CCCCCC(=O)NO)c2c(=O)n1-c1ccccc1. The molecule has 29 heavy (non-hydrogen) atoms. The average Bonchev–Trinajstić information content (AvgIpc) is 2.74. The molecule has 0 aliphatic heterocycles. The molecule has 1 aromatic heterocycles. The van der Waals surface area contributed by atoms with Crippen LogP contribution in [0.5, 0.6) is 0 Å². The third-order valence-corrected chi connectivity index (χ3v) is 5.02. The number of unbranched alkanes of at least 4 members (excludes halogenated alkanes) is 2. The molecule has 0 atom stereocenters. The average molecular weight is 393 g/mol. The highest BCUT2D eigenvalue weighted by Gasteiger charge is 2.15. The molecule has 6 heteroatoms. The van der Waals surface area contributed by atoms with Crippen molar-refractivity contribution in [3.63, 3.8) is 0 Å². The fraction of sp³-hybridized carbons (Fsp3) is 0.348. The molecule has 1 amide bonds. The van der Waals surface area contributed by atoms with E-state index in [0.29, 0.717) is 18.2 Å². The second-order valence-corrected chi connectivity index (χ2v) is 7.16. The Labute approximate surface area is 170 Å². The topological polar surface area (TPSA) is 84.2 Å². The third-order valence-electron chi connectivity index (χ3n) is 5.02. The molecule has 2 aromatic carbocycles. The van der Waals surface area contributed by atoms with E-state index in [1.54, 1.807) is 10.0 Å². The van der Waals surface area contributed by atoms with Crippen molar-refractivity contribution in [1.82, 2.24) is 15.0 Å². The van der Waals surface area contributed by atoms with E-state index in [-0.39, 0.29) is 11.5 Å². The maximum Gasteiger partial charge on any atom is 0.266 e. The summed E-state index contributed by atoms with van der Waals surface area (Å²) in [6, 6.07) is 15.5. The molecule has 0 aliphatic rings. The Morgan fingerprint density at radius 1 is 1.03 bits per heavy atom. The molecule has 6 nitrogen and oxygen atoms in total. The summed E-state index contributed by atoms with van der Waals surface area (Å²) in [7, 11) is 0. The maximum atomic E-state index is 13.5. The lowest BCUT2D eigenvalue weighted by molar-refractivity contribution is -0.129. The van der Waals surface area contributed by atoms with Crippen molar-refractivity contribution in [2.24, 2.45) is 0 Å². The first-order chi connectivity index (χ1) is 14.2. The third kappa shape index (κ3) is 4.90. The minimum absolute atomic E-state index is 0.0279. The number of aryl methyl sites for hydroxylation is 2. The second-order valence-electron chi connectivity index (χ2n) is 7.16. The largest absolute Gasteiger partial charge is 0.289 e. The molecule has 0 aliphatic carbocycles. The van der Waals surface area contributed by atoms with Crippen LogP contribution in [0, 0.1) is 0 Å². The summed E-state index contributed by atoms with van der Waals surface area (Å²) in [6.07, 6.45) is 5.09. The predicted octanol–water partition coefficient (Wildman–Crippen LogP) is 3.95. The van der Waals surface area contributed by atoms with Crippen LogP contribution in [0.25, 0.3) is 16.6 Å². The number of para-hydroxylation sites is 1. The molecule has 0 spiro atoms. The zero-order chi connectivity index (χ0) is 20.6. The highest BCUT2D eigenvalue weighted by molar-refractivity contribution is 5.81. The number of hydroxylamine groups is 1. The van der Waals surface area contributed by atoms with Gasteiger partial charge in [-0.15, -0.1) is 0 Å². The van der Waals surface area contributed by atoms with Crippen LogP contribution in [-0.4, -0.2) is 20.7 Å². The zero-order valence-electron chi connectivity index (χ0n) is 16.7. The first-order valence-corrected chi connectivity index (χ1v) is 10.2. The Bertz CT molecular complexity index is 1030. The summed E-state index contributed by atoms with van der Waals surface area (Å²) in [4.78, 5) is 29.4. The van der Waals surface area contributed by atoms with Gasteiger partial charge in [-0.3, -0.25) is 19.4 Å². The fourth-order valence-corrected chi connectivity index (χ4v) is 3.62. The maximum absolute atomic E-state index is 13.5. The number of aromatic nitrogens is 2. The summed E-state index contributed by atoms with van der Waals surface area (Å²) in [6.45, 7) is 2.08. The summed E-state index contributed by atoms with van der Waals surface area (Å²) in [5.41, 5.74) is 4.18. The second kappa shape index (κ2) is 9.98. The van der Waals surface area contributed by atoms with Crippen LogP contribution in [0.15, 0.2) is 53.3 Å². The standard InChI is InChI=1S/C23H27N3O3/c1-2-10-20-24-19-15-9-12-17(11-5-3-8-16-21(27)25-29)22(19)23(28)26(20)18-13-6-4-7-14-18/h4,6-7,9,12-15,29H,2-3,5,8,10-11,16H2,1H3,(H,25,27). The van der Waals surface area contributed by atoms with Crippen molar-refractivity contribution in [3.8, 4) is 5.69 Å². The molecule has 152 valence electrons. The van der Waals surface area contributed by atoms with Gasteiger partial charge >= 0.3 is 0 Å². The smallest absolute Gasteiger partial charge is 0.266 e. The van der Waals surface area contributed by atoms with Gasteiger partial charge in [-0.05, 0) is 49.4 Å². The van der Waals surface area contributed by atoms with Gasteiger partial charge in [0.05, 0.1) is 16.6 Å². The molecule has 3 aromatic rings. The van der Waals surface area contributed by atoms with Crippen LogP contribution in [-0.2, 0) is 17.6 Å². The lowest BCUT2D eigenvalue weighted by atomic mass is 10.0. The molecular weight excluding hydrogens is 366 g/mol. The van der Waals surface area contributed by atoms with Gasteiger partial charge < -0.3 is 0 Å². The van der Waals surface area contributed by atoms with Gasteiger partial charge in [-0.1, -0.05) is 43.7 Å². The van der Waals surface area contributed by atoms with E-state index in [1.165, 1.54) is 0 Å². The van der Waals surface area contributed by atoms with Crippen molar-refractivity contribution in [2.75, 3.05) is 0 Å². The van der Waals surface area contributed by atoms with Crippen molar-refractivity contribution in [2.45, 2.75) is 51.9 Å². The normalized spacial score (nSPS) is 11.0. The first-order valence-electron chi connectivity index (χ1n) is 10.2. The molecule has 0 saturated carbocycles. The van der Waals surface area contributed by atoms with E-state index in [2.05, 4.69) is 6.92 Å². The highest BCUT2D eigenvalue weighted by atomic mass is 16.5. The molecule has 3 rings (SSSR count). The molecular formula is C23H27N3O3. The van der Waals surface area contributed by atoms with Crippen LogP contribution < -0.4 is 11.0 Å². The van der Waals surface area contributed by atoms with Crippen LogP contribution in [0.1, 0.15) is 50.4 Å². The van der Waals surface area contributed by atoms with E-state index in [0.717, 1.165) is 54.7 Å². The van der Waals surface area contributed by atoms with Crippen molar-refractivity contribution < 1.29 is 10.0 Å². The van der Waals surface area contributed by atoms with Crippen molar-refractivity contribution >= 4 is 16.8 Å². The minimum atomic E-state index is -0.367. The fourth-order valence-electron chi connectivity index (χ4n) is 3.62. The number of hydrogen-bond donors (Lipinski definition) is 2. The van der Waals surface area contributed by atoms with E-state index in [4.69, 9.17) is 10.2 Å². The lowest BCUT2D eigenvalue weighted by Gasteiger charge is -2.15. The van der Waals surface area contributed by atoms with Crippen LogP contribution >= 0.6 is 0 Å². The minimum Gasteiger partial charge on any atom is -0.289 e. The molecule has 0 fully saturated rings. The Hall–Kier alpha value is -2.99. The molecule has 0 unspecified atom stereocenters. The number of carbonyl (C=O) groups excluding carboxylic acids is 1. The van der Waals surface area contributed by atoms with Gasteiger partial charge in [-0.25, -0.2) is 10.5 Å². The molecule has 0 bridgehead atoms. The zero-order valence-corrected chi connectivity index (χ0v) is 16.7. The van der Waals surface area contributed by atoms with Gasteiger partial charge in [-0.2, -0.15) is 0 Å². The van der Waals surface area contributed by atoms with Gasteiger partial charge in [0.1, 0.15) is 5.82 Å². The van der Waals surface area contributed by atoms with Crippen molar-refractivity contribution in [3.05, 3.63) is 70.3 Å². The molecule has 0 radical (unpaired) electrons. The van der Waals surface area contributed by atoms with Gasteiger partial charge in [0.15, 0.2) is 0 Å². The van der Waals surface area contributed by atoms with Crippen molar-refractivity contribution in [1.29, 1.82) is 0 Å². The van der Waals surface area contributed by atoms with E-state index in [9.17, 15) is 9.59 Å². The van der Waals surface area contributed by atoms with Crippen LogP contribution in [0.2, 0.25) is 0 Å². The Kier molecular flexibility index (Phi) is 7.14. The highest BCUT2D eigenvalue weighted by Crippen LogP contribution is 2.19. The van der Waals surface area contributed by atoms with Gasteiger partial charge in [0, 0.05) is 12.8 Å². The Morgan fingerprint density at radius 3 is 2.55 bits per heavy atom. The van der Waals surface area contributed by atoms with Gasteiger partial charge in [0.2, 0.25) is 5.91 Å². The van der Waals surface area contributed by atoms with E-state index < -0.39 is 0 Å². The Balaban J connectivity index is 1.94. The summed E-state index contributed by atoms with van der Waals surface area (Å²) >= 11 is 0. The van der Waals surface area contributed by atoms with Crippen LogP contribution in [0.3, 0.4) is 0 Å². The summed E-state index contributed by atoms with van der Waals surface area (Å²) < 4.78 is 1.74. The molecule has 2 N–H and O–H groups in total. The Morgan fingerprint density at radius 2 is 1.83 bits per heavy atom. The quantitative estimate of drug-likeness (QED) is 0.328. The van der Waals surface area contributed by atoms with Crippen LogP contribution in [0.4, 0.5) is 0 Å². The first kappa shape index (κ1) is 20.7. The monoisotopic (exact) mass is 393 g/mol. The number of rotatable bonds is 9. The number of fused-ring (bicyclic) bond motifs is 1. The predicted molar refractivity (Wildman–Crippen MR) is 113 cm³/mol. The van der Waals surface area contributed by atoms with E-state index in [1.807, 2.05) is 48.5 Å². The summed E-state index contributed by atoms with van der Waals surface area (Å²) in [5.74, 6) is 0.414. The number of benzene rings is 2. The number of nitrogens with one attached hydrogen (secondary N) is 1. The number of hydrogen-bond acceptors (Lipinski definition) is 4. The lowest BCUT2D eigenvalue weighted by Crippen LogP contribution is -2.24. The van der Waals surface area contributed by atoms with Gasteiger partial charge in [0.25, 0.3) is 5.56 Å².